The van der Waals surface area contributed by atoms with Crippen LogP contribution in [-0.4, -0.2) is 91.2 Å². The van der Waals surface area contributed by atoms with E-state index < -0.39 is 54.5 Å². The first-order valence-electron chi connectivity index (χ1n) is 11.4. The standard InChI is InChI=1S/C23H30N6O7/c24-16(11-30)20(32)27-17(9-14-10-25-12-26-14)22(34)29-7-1-2-19(29)21(33)28-18(23(35)36)8-13-3-5-15(31)6-4-13/h3-6,10,12,16-19,30-31H,1-2,7-9,11,24H2,(H,25,26)(H,27,32)(H,28,33)(H,35,36). The van der Waals surface area contributed by atoms with E-state index in [1.165, 1.54) is 29.6 Å². The molecular formula is C23H30N6O7. The Morgan fingerprint density at radius 2 is 1.86 bits per heavy atom. The molecule has 194 valence electrons. The highest BCUT2D eigenvalue weighted by Crippen LogP contribution is 2.20. The fourth-order valence-corrected chi connectivity index (χ4v) is 4.02. The summed E-state index contributed by atoms with van der Waals surface area (Å²) < 4.78 is 0. The van der Waals surface area contributed by atoms with Gasteiger partial charge in [0.15, 0.2) is 0 Å². The quantitative estimate of drug-likeness (QED) is 0.186. The molecule has 13 heteroatoms. The van der Waals surface area contributed by atoms with Crippen molar-refractivity contribution >= 4 is 23.7 Å². The average molecular weight is 503 g/mol. The number of nitrogens with two attached hydrogens (primary N) is 1. The minimum absolute atomic E-state index is 0.0143. The summed E-state index contributed by atoms with van der Waals surface area (Å²) in [6.45, 7) is -0.364. The molecule has 0 aliphatic carbocycles. The second kappa shape index (κ2) is 12.1. The molecule has 0 bridgehead atoms. The topological polar surface area (TPSA) is 211 Å². The van der Waals surface area contributed by atoms with Crippen LogP contribution in [0.3, 0.4) is 0 Å². The number of hydrogen-bond donors (Lipinski definition) is 7. The molecule has 3 rings (SSSR count). The number of likely N-dealkylation sites (tertiary alicyclic amines) is 1. The predicted molar refractivity (Wildman–Crippen MR) is 125 cm³/mol. The lowest BCUT2D eigenvalue weighted by Crippen LogP contribution is -2.57. The maximum atomic E-state index is 13.4. The van der Waals surface area contributed by atoms with E-state index in [1.54, 1.807) is 12.1 Å². The number of carboxylic acid groups (broad SMARTS) is 1. The third-order valence-corrected chi connectivity index (χ3v) is 5.96. The predicted octanol–water partition coefficient (Wildman–Crippen LogP) is -1.73. The van der Waals surface area contributed by atoms with Gasteiger partial charge in [-0.3, -0.25) is 14.4 Å². The van der Waals surface area contributed by atoms with Gasteiger partial charge >= 0.3 is 5.97 Å². The van der Waals surface area contributed by atoms with Gasteiger partial charge in [-0.05, 0) is 30.5 Å². The number of hydrogen-bond acceptors (Lipinski definition) is 8. The Kier molecular flexibility index (Phi) is 8.97. The maximum Gasteiger partial charge on any atom is 0.326 e. The van der Waals surface area contributed by atoms with Crippen LogP contribution in [0.5, 0.6) is 5.75 Å². The Labute approximate surface area is 206 Å². The molecule has 2 aromatic rings. The molecule has 1 aliphatic rings. The van der Waals surface area contributed by atoms with Gasteiger partial charge < -0.3 is 41.6 Å². The Morgan fingerprint density at radius 3 is 2.47 bits per heavy atom. The Hall–Kier alpha value is -3.97. The van der Waals surface area contributed by atoms with E-state index in [2.05, 4.69) is 20.6 Å². The van der Waals surface area contributed by atoms with E-state index in [4.69, 9.17) is 5.73 Å². The van der Waals surface area contributed by atoms with Crippen molar-refractivity contribution in [2.45, 2.75) is 49.9 Å². The van der Waals surface area contributed by atoms with Crippen LogP contribution < -0.4 is 16.4 Å². The maximum absolute atomic E-state index is 13.4. The molecule has 8 N–H and O–H groups in total. The zero-order chi connectivity index (χ0) is 26.2. The first-order valence-corrected chi connectivity index (χ1v) is 11.4. The van der Waals surface area contributed by atoms with Crippen molar-refractivity contribution in [1.29, 1.82) is 0 Å². The molecule has 4 unspecified atom stereocenters. The monoisotopic (exact) mass is 502 g/mol. The van der Waals surface area contributed by atoms with Crippen molar-refractivity contribution in [2.75, 3.05) is 13.2 Å². The van der Waals surface area contributed by atoms with E-state index in [0.717, 1.165) is 0 Å². The molecule has 1 saturated heterocycles. The highest BCUT2D eigenvalue weighted by Gasteiger charge is 2.39. The zero-order valence-electron chi connectivity index (χ0n) is 19.5. The lowest BCUT2D eigenvalue weighted by atomic mass is 10.0. The number of aliphatic carboxylic acids is 1. The minimum Gasteiger partial charge on any atom is -0.508 e. The number of carboxylic acids is 1. The molecule has 36 heavy (non-hydrogen) atoms. The number of carbonyl (C=O) groups is 4. The largest absolute Gasteiger partial charge is 0.508 e. The molecule has 1 fully saturated rings. The number of H-pyrrole nitrogens is 1. The van der Waals surface area contributed by atoms with Crippen molar-refractivity contribution in [1.82, 2.24) is 25.5 Å². The number of nitrogens with one attached hydrogen (secondary N) is 3. The molecule has 2 heterocycles. The van der Waals surface area contributed by atoms with E-state index >= 15 is 0 Å². The molecule has 13 nitrogen and oxygen atoms in total. The first-order chi connectivity index (χ1) is 17.2. The number of nitrogens with zero attached hydrogens (tertiary/aromatic N) is 2. The second-order valence-electron chi connectivity index (χ2n) is 8.59. The number of aliphatic hydroxyl groups is 1. The molecule has 3 amide bonds. The van der Waals surface area contributed by atoms with Crippen LogP contribution >= 0.6 is 0 Å². The van der Waals surface area contributed by atoms with Gasteiger partial charge in [-0.25, -0.2) is 9.78 Å². The molecule has 4 atom stereocenters. The molecule has 0 spiro atoms. The number of phenols is 1. The van der Waals surface area contributed by atoms with Gasteiger partial charge in [0.05, 0.1) is 12.9 Å². The summed E-state index contributed by atoms with van der Waals surface area (Å²) in [5.41, 5.74) is 6.74. The van der Waals surface area contributed by atoms with E-state index in [0.29, 0.717) is 24.1 Å². The van der Waals surface area contributed by atoms with E-state index in [9.17, 15) is 34.5 Å². The summed E-state index contributed by atoms with van der Waals surface area (Å²) in [6, 6.07) is 1.47. The lowest BCUT2D eigenvalue weighted by molar-refractivity contribution is -0.145. The van der Waals surface area contributed by atoms with Crippen molar-refractivity contribution in [3.63, 3.8) is 0 Å². The van der Waals surface area contributed by atoms with Crippen molar-refractivity contribution in [3.8, 4) is 5.75 Å². The van der Waals surface area contributed by atoms with Gasteiger partial charge in [0, 0.05) is 31.3 Å². The summed E-state index contributed by atoms with van der Waals surface area (Å²) in [5, 5.41) is 33.3. The Balaban J connectivity index is 1.73. The van der Waals surface area contributed by atoms with Crippen molar-refractivity contribution < 1.29 is 34.5 Å². The van der Waals surface area contributed by atoms with Crippen LogP contribution in [0.25, 0.3) is 0 Å². The zero-order valence-corrected chi connectivity index (χ0v) is 19.5. The van der Waals surface area contributed by atoms with Crippen LogP contribution in [0.15, 0.2) is 36.8 Å². The van der Waals surface area contributed by atoms with Gasteiger partial charge in [-0.2, -0.15) is 0 Å². The number of phenolic OH excluding ortho intramolecular Hbond substituents is 1. The third kappa shape index (κ3) is 6.79. The smallest absolute Gasteiger partial charge is 0.326 e. The summed E-state index contributed by atoms with van der Waals surface area (Å²) in [5.74, 6) is -3.09. The number of aromatic nitrogens is 2. The van der Waals surface area contributed by atoms with Gasteiger partial charge in [-0.1, -0.05) is 12.1 Å². The molecule has 0 radical (unpaired) electrons. The SMILES string of the molecule is NC(CO)C(=O)NC(Cc1cnc[nH]1)C(=O)N1CCCC1C(=O)NC(Cc1ccc(O)cc1)C(=O)O. The second-order valence-corrected chi connectivity index (χ2v) is 8.59. The summed E-state index contributed by atoms with van der Waals surface area (Å²) in [6.07, 6.45) is 3.79. The fourth-order valence-electron chi connectivity index (χ4n) is 4.02. The first kappa shape index (κ1) is 26.6. The van der Waals surface area contributed by atoms with Gasteiger partial charge in [0.1, 0.15) is 29.9 Å². The molecule has 1 aliphatic heterocycles. The summed E-state index contributed by atoms with van der Waals surface area (Å²) in [7, 11) is 0. The molecular weight excluding hydrogens is 472 g/mol. The van der Waals surface area contributed by atoms with Gasteiger partial charge in [0.2, 0.25) is 17.7 Å². The Morgan fingerprint density at radius 1 is 1.14 bits per heavy atom. The van der Waals surface area contributed by atoms with Crippen molar-refractivity contribution in [3.05, 3.63) is 48.0 Å². The number of aromatic hydroxyl groups is 1. The minimum atomic E-state index is -1.25. The number of benzene rings is 1. The molecule has 0 saturated carbocycles. The van der Waals surface area contributed by atoms with Crippen LogP contribution in [-0.2, 0) is 32.0 Å². The van der Waals surface area contributed by atoms with E-state index in [1.807, 2.05) is 0 Å². The normalized spacial score (nSPS) is 17.7. The number of aromatic amines is 1. The highest BCUT2D eigenvalue weighted by atomic mass is 16.4. The van der Waals surface area contributed by atoms with Crippen LogP contribution in [0.4, 0.5) is 0 Å². The number of carbonyl (C=O) groups excluding carboxylic acids is 3. The molecule has 1 aromatic heterocycles. The van der Waals surface area contributed by atoms with Crippen LogP contribution in [0, 0.1) is 0 Å². The fraction of sp³-hybridized carbons (Fsp3) is 0.435. The number of rotatable bonds is 11. The Bertz CT molecular complexity index is 1060. The third-order valence-electron chi connectivity index (χ3n) is 5.96. The number of imidazole rings is 1. The highest BCUT2D eigenvalue weighted by molar-refractivity contribution is 5.94. The number of aliphatic hydroxyl groups excluding tert-OH is 1. The van der Waals surface area contributed by atoms with E-state index in [-0.39, 0.29) is 25.1 Å². The number of amides is 3. The average Bonchev–Trinajstić information content (AvgIpc) is 3.55. The van der Waals surface area contributed by atoms with Crippen LogP contribution in [0.1, 0.15) is 24.1 Å². The molecule has 1 aromatic carbocycles. The van der Waals surface area contributed by atoms with Gasteiger partial charge in [0.25, 0.3) is 0 Å². The summed E-state index contributed by atoms with van der Waals surface area (Å²) >= 11 is 0. The van der Waals surface area contributed by atoms with Crippen molar-refractivity contribution in [2.24, 2.45) is 5.73 Å². The summed E-state index contributed by atoms with van der Waals surface area (Å²) in [4.78, 5) is 58.7. The van der Waals surface area contributed by atoms with Gasteiger partial charge in [-0.15, -0.1) is 0 Å². The van der Waals surface area contributed by atoms with Crippen LogP contribution in [0.2, 0.25) is 0 Å². The lowest BCUT2D eigenvalue weighted by Gasteiger charge is -2.29.